The standard InChI is InChI=1S/C9H13BrN2O2/c1-4-12-8(7(10)5-11-12)9(13)6(2)14-3/h5-6H,4H2,1-3H3. The van der Waals surface area contributed by atoms with Gasteiger partial charge in [-0.2, -0.15) is 5.10 Å². The van der Waals surface area contributed by atoms with Crippen LogP contribution in [0.15, 0.2) is 10.7 Å². The quantitative estimate of drug-likeness (QED) is 0.777. The first kappa shape index (κ1) is 11.4. The fraction of sp³-hybridized carbons (Fsp3) is 0.556. The molecule has 1 aromatic rings. The van der Waals surface area contributed by atoms with Crippen LogP contribution >= 0.6 is 15.9 Å². The number of ketones is 1. The van der Waals surface area contributed by atoms with Gasteiger partial charge in [-0.3, -0.25) is 9.48 Å². The lowest BCUT2D eigenvalue weighted by Gasteiger charge is -2.09. The second kappa shape index (κ2) is 4.70. The number of nitrogens with zero attached hydrogens (tertiary/aromatic N) is 2. The van der Waals surface area contributed by atoms with E-state index in [1.165, 1.54) is 7.11 Å². The van der Waals surface area contributed by atoms with Crippen LogP contribution in [-0.2, 0) is 11.3 Å². The molecule has 0 aliphatic carbocycles. The molecule has 1 unspecified atom stereocenters. The molecule has 0 saturated heterocycles. The molecule has 0 saturated carbocycles. The van der Waals surface area contributed by atoms with Crippen molar-refractivity contribution in [1.82, 2.24) is 9.78 Å². The molecular formula is C9H13BrN2O2. The molecule has 14 heavy (non-hydrogen) atoms. The molecule has 0 fully saturated rings. The molecule has 0 radical (unpaired) electrons. The Labute approximate surface area is 91.4 Å². The van der Waals surface area contributed by atoms with Gasteiger partial charge in [-0.15, -0.1) is 0 Å². The predicted octanol–water partition coefficient (Wildman–Crippen LogP) is 1.88. The van der Waals surface area contributed by atoms with Gasteiger partial charge in [0.05, 0.1) is 10.7 Å². The van der Waals surface area contributed by atoms with Gasteiger partial charge in [0.25, 0.3) is 0 Å². The third-order valence-corrected chi connectivity index (χ3v) is 2.63. The molecule has 0 aliphatic heterocycles. The Morgan fingerprint density at radius 1 is 1.79 bits per heavy atom. The normalized spacial score (nSPS) is 12.9. The van der Waals surface area contributed by atoms with Gasteiger partial charge in [0.1, 0.15) is 11.8 Å². The fourth-order valence-electron chi connectivity index (χ4n) is 1.15. The van der Waals surface area contributed by atoms with Gasteiger partial charge < -0.3 is 4.74 Å². The minimum Gasteiger partial charge on any atom is -0.374 e. The minimum absolute atomic E-state index is 0.0567. The highest BCUT2D eigenvalue weighted by molar-refractivity contribution is 9.10. The number of ether oxygens (including phenoxy) is 1. The number of aryl methyl sites for hydroxylation is 1. The van der Waals surface area contributed by atoms with Crippen molar-refractivity contribution in [2.75, 3.05) is 7.11 Å². The Morgan fingerprint density at radius 3 is 2.93 bits per heavy atom. The Balaban J connectivity index is 3.04. The van der Waals surface area contributed by atoms with E-state index in [-0.39, 0.29) is 5.78 Å². The van der Waals surface area contributed by atoms with E-state index >= 15 is 0 Å². The maximum atomic E-state index is 11.8. The van der Waals surface area contributed by atoms with Crippen molar-refractivity contribution < 1.29 is 9.53 Å². The number of hydrogen-bond acceptors (Lipinski definition) is 3. The third-order valence-electron chi connectivity index (χ3n) is 2.05. The van der Waals surface area contributed by atoms with E-state index in [4.69, 9.17) is 4.74 Å². The first-order chi connectivity index (χ1) is 6.61. The lowest BCUT2D eigenvalue weighted by Crippen LogP contribution is -2.23. The molecule has 0 amide bonds. The second-order valence-electron chi connectivity index (χ2n) is 2.90. The lowest BCUT2D eigenvalue weighted by molar-refractivity contribution is 0.0643. The number of methoxy groups -OCH3 is 1. The zero-order valence-corrected chi connectivity index (χ0v) is 10.0. The van der Waals surface area contributed by atoms with Crippen molar-refractivity contribution in [3.05, 3.63) is 16.4 Å². The average molecular weight is 261 g/mol. The van der Waals surface area contributed by atoms with Gasteiger partial charge in [-0.25, -0.2) is 0 Å². The molecule has 0 N–H and O–H groups in total. The first-order valence-corrected chi connectivity index (χ1v) is 5.19. The zero-order valence-electron chi connectivity index (χ0n) is 8.45. The molecule has 4 nitrogen and oxygen atoms in total. The zero-order chi connectivity index (χ0) is 10.7. The van der Waals surface area contributed by atoms with Crippen molar-refractivity contribution in [2.45, 2.75) is 26.5 Å². The SMILES string of the molecule is CCn1ncc(Br)c1C(=O)C(C)OC. The highest BCUT2D eigenvalue weighted by Crippen LogP contribution is 2.18. The van der Waals surface area contributed by atoms with Crippen LogP contribution in [0.25, 0.3) is 0 Å². The van der Waals surface area contributed by atoms with Crippen molar-refractivity contribution in [3.8, 4) is 0 Å². The van der Waals surface area contributed by atoms with Crippen LogP contribution in [0.1, 0.15) is 24.3 Å². The monoisotopic (exact) mass is 260 g/mol. The van der Waals surface area contributed by atoms with Crippen LogP contribution in [0, 0.1) is 0 Å². The van der Waals surface area contributed by atoms with E-state index in [1.54, 1.807) is 17.8 Å². The van der Waals surface area contributed by atoms with Gasteiger partial charge in [0.15, 0.2) is 0 Å². The Bertz CT molecular complexity index is 336. The number of carbonyl (C=O) groups excluding carboxylic acids is 1. The van der Waals surface area contributed by atoms with Gasteiger partial charge in [-0.05, 0) is 29.8 Å². The average Bonchev–Trinajstić information content (AvgIpc) is 2.57. The van der Waals surface area contributed by atoms with E-state index in [0.29, 0.717) is 16.7 Å². The molecular weight excluding hydrogens is 248 g/mol. The number of Topliss-reactive ketones (excluding diaryl/α,β-unsaturated/α-hetero) is 1. The topological polar surface area (TPSA) is 44.1 Å². The Morgan fingerprint density at radius 2 is 2.43 bits per heavy atom. The number of carbonyl (C=O) groups is 1. The van der Waals surface area contributed by atoms with Crippen LogP contribution < -0.4 is 0 Å². The molecule has 0 aromatic carbocycles. The third kappa shape index (κ3) is 2.04. The van der Waals surface area contributed by atoms with E-state index in [2.05, 4.69) is 21.0 Å². The maximum Gasteiger partial charge on any atom is 0.210 e. The largest absolute Gasteiger partial charge is 0.374 e. The van der Waals surface area contributed by atoms with Crippen LogP contribution in [-0.4, -0.2) is 28.8 Å². The highest BCUT2D eigenvalue weighted by Gasteiger charge is 2.21. The predicted molar refractivity (Wildman–Crippen MR) is 56.4 cm³/mol. The van der Waals surface area contributed by atoms with Crippen molar-refractivity contribution >= 4 is 21.7 Å². The van der Waals surface area contributed by atoms with Crippen molar-refractivity contribution in [3.63, 3.8) is 0 Å². The van der Waals surface area contributed by atoms with Crippen LogP contribution in [0.3, 0.4) is 0 Å². The summed E-state index contributed by atoms with van der Waals surface area (Å²) in [6.07, 6.45) is 1.19. The molecule has 1 heterocycles. The van der Waals surface area contributed by atoms with E-state index in [9.17, 15) is 4.79 Å². The maximum absolute atomic E-state index is 11.8. The molecule has 5 heteroatoms. The molecule has 78 valence electrons. The highest BCUT2D eigenvalue weighted by atomic mass is 79.9. The van der Waals surface area contributed by atoms with Crippen molar-refractivity contribution in [1.29, 1.82) is 0 Å². The second-order valence-corrected chi connectivity index (χ2v) is 3.75. The number of rotatable bonds is 4. The summed E-state index contributed by atoms with van der Waals surface area (Å²) in [6, 6.07) is 0. The van der Waals surface area contributed by atoms with Crippen LogP contribution in [0.2, 0.25) is 0 Å². The summed E-state index contributed by atoms with van der Waals surface area (Å²) in [5, 5.41) is 4.07. The van der Waals surface area contributed by atoms with Crippen LogP contribution in [0.5, 0.6) is 0 Å². The number of halogens is 1. The van der Waals surface area contributed by atoms with Crippen LogP contribution in [0.4, 0.5) is 0 Å². The Hall–Kier alpha value is -0.680. The number of aromatic nitrogens is 2. The van der Waals surface area contributed by atoms with Gasteiger partial charge in [-0.1, -0.05) is 0 Å². The van der Waals surface area contributed by atoms with Gasteiger partial charge in [0, 0.05) is 13.7 Å². The van der Waals surface area contributed by atoms with Gasteiger partial charge >= 0.3 is 0 Å². The lowest BCUT2D eigenvalue weighted by atomic mass is 10.2. The molecule has 0 bridgehead atoms. The van der Waals surface area contributed by atoms with Gasteiger partial charge in [0.2, 0.25) is 5.78 Å². The summed E-state index contributed by atoms with van der Waals surface area (Å²) in [4.78, 5) is 11.8. The smallest absolute Gasteiger partial charge is 0.210 e. The summed E-state index contributed by atoms with van der Waals surface area (Å²) in [5.41, 5.74) is 0.571. The van der Waals surface area contributed by atoms with E-state index < -0.39 is 6.10 Å². The van der Waals surface area contributed by atoms with E-state index in [0.717, 1.165) is 0 Å². The summed E-state index contributed by atoms with van der Waals surface area (Å²) < 4.78 is 7.35. The molecule has 1 atom stereocenters. The minimum atomic E-state index is -0.437. The molecule has 1 rings (SSSR count). The fourth-order valence-corrected chi connectivity index (χ4v) is 1.64. The van der Waals surface area contributed by atoms with Crippen molar-refractivity contribution in [2.24, 2.45) is 0 Å². The summed E-state index contributed by atoms with van der Waals surface area (Å²) in [6.45, 7) is 4.33. The summed E-state index contributed by atoms with van der Waals surface area (Å²) in [5.74, 6) is -0.0567. The van der Waals surface area contributed by atoms with E-state index in [1.807, 2.05) is 6.92 Å². The first-order valence-electron chi connectivity index (χ1n) is 4.40. The molecule has 0 aliphatic rings. The summed E-state index contributed by atoms with van der Waals surface area (Å²) in [7, 11) is 1.52. The Kier molecular flexibility index (Phi) is 3.83. The summed E-state index contributed by atoms with van der Waals surface area (Å²) >= 11 is 3.30. The number of hydrogen-bond donors (Lipinski definition) is 0. The molecule has 0 spiro atoms. The molecule has 1 aromatic heterocycles.